The lowest BCUT2D eigenvalue weighted by Crippen LogP contribution is -2.03. The Balaban J connectivity index is 2.21. The zero-order valence-corrected chi connectivity index (χ0v) is 11.8. The predicted octanol–water partition coefficient (Wildman–Crippen LogP) is 4.35. The van der Waals surface area contributed by atoms with Crippen molar-refractivity contribution in [3.63, 3.8) is 0 Å². The average Bonchev–Trinajstić information content (AvgIpc) is 2.32. The van der Waals surface area contributed by atoms with Crippen molar-refractivity contribution >= 4 is 21.6 Å². The van der Waals surface area contributed by atoms with Crippen LogP contribution in [0.2, 0.25) is 0 Å². The lowest BCUT2D eigenvalue weighted by molar-refractivity contribution is 0.469. The maximum atomic E-state index is 13.6. The maximum absolute atomic E-state index is 13.6. The van der Waals surface area contributed by atoms with Crippen molar-refractivity contribution in [3.8, 4) is 5.75 Å². The van der Waals surface area contributed by atoms with Gasteiger partial charge in [-0.1, -0.05) is 17.7 Å². The first kappa shape index (κ1) is 13.8. The molecule has 0 spiro atoms. The van der Waals surface area contributed by atoms with Gasteiger partial charge in [-0.25, -0.2) is 8.78 Å². The summed E-state index contributed by atoms with van der Waals surface area (Å²) in [6.45, 7) is 2.14. The van der Waals surface area contributed by atoms with Crippen molar-refractivity contribution in [2.24, 2.45) is 0 Å². The number of aromatic hydroxyl groups is 1. The summed E-state index contributed by atoms with van der Waals surface area (Å²) >= 11 is 3.10. The molecule has 5 heteroatoms. The highest BCUT2D eigenvalue weighted by Crippen LogP contribution is 2.28. The number of benzene rings is 2. The van der Waals surface area contributed by atoms with Gasteiger partial charge in [0, 0.05) is 22.6 Å². The molecule has 0 fully saturated rings. The number of anilines is 1. The zero-order chi connectivity index (χ0) is 14.0. The summed E-state index contributed by atoms with van der Waals surface area (Å²) in [5.74, 6) is -1.19. The van der Waals surface area contributed by atoms with Gasteiger partial charge in [0.15, 0.2) is 0 Å². The van der Waals surface area contributed by atoms with Crippen LogP contribution >= 0.6 is 15.9 Å². The van der Waals surface area contributed by atoms with E-state index >= 15 is 0 Å². The molecule has 0 aromatic heterocycles. The second-order valence-electron chi connectivity index (χ2n) is 4.23. The molecule has 2 N–H and O–H groups in total. The smallest absolute Gasteiger partial charge is 0.150 e. The van der Waals surface area contributed by atoms with Gasteiger partial charge in [0.05, 0.1) is 5.69 Å². The number of hydrogen-bond acceptors (Lipinski definition) is 2. The van der Waals surface area contributed by atoms with Crippen LogP contribution in [-0.2, 0) is 6.54 Å². The third-order valence-corrected chi connectivity index (χ3v) is 3.32. The van der Waals surface area contributed by atoms with Crippen LogP contribution in [0.5, 0.6) is 5.75 Å². The van der Waals surface area contributed by atoms with Crippen molar-refractivity contribution in [1.82, 2.24) is 0 Å². The van der Waals surface area contributed by atoms with E-state index in [1.54, 1.807) is 18.2 Å². The Morgan fingerprint density at radius 3 is 2.63 bits per heavy atom. The fraction of sp³-hybridized carbons (Fsp3) is 0.143. The Bertz CT molecular complexity index is 593. The molecule has 0 atom stereocenters. The van der Waals surface area contributed by atoms with Crippen molar-refractivity contribution in [2.75, 3.05) is 5.32 Å². The van der Waals surface area contributed by atoms with Gasteiger partial charge in [0.25, 0.3) is 0 Å². The highest BCUT2D eigenvalue weighted by atomic mass is 79.9. The Labute approximate surface area is 118 Å². The molecule has 2 aromatic rings. The Kier molecular flexibility index (Phi) is 4.04. The van der Waals surface area contributed by atoms with E-state index in [4.69, 9.17) is 0 Å². The molecule has 0 radical (unpaired) electrons. The lowest BCUT2D eigenvalue weighted by Gasteiger charge is -2.11. The van der Waals surface area contributed by atoms with E-state index in [0.29, 0.717) is 10.0 Å². The summed E-state index contributed by atoms with van der Waals surface area (Å²) in [7, 11) is 0. The SMILES string of the molecule is Cc1ccc(O)c(CNc2c(F)cc(F)cc2Br)c1. The van der Waals surface area contributed by atoms with Crippen LogP contribution in [0.15, 0.2) is 34.8 Å². The van der Waals surface area contributed by atoms with Crippen LogP contribution in [0.1, 0.15) is 11.1 Å². The van der Waals surface area contributed by atoms with Crippen LogP contribution in [-0.4, -0.2) is 5.11 Å². The second kappa shape index (κ2) is 5.57. The second-order valence-corrected chi connectivity index (χ2v) is 5.08. The molecule has 2 nitrogen and oxygen atoms in total. The van der Waals surface area contributed by atoms with Gasteiger partial charge in [-0.05, 0) is 35.0 Å². The van der Waals surface area contributed by atoms with E-state index in [2.05, 4.69) is 21.2 Å². The molecule has 0 bridgehead atoms. The summed E-state index contributed by atoms with van der Waals surface area (Å²) < 4.78 is 26.9. The number of halogens is 3. The Morgan fingerprint density at radius 1 is 1.21 bits per heavy atom. The van der Waals surface area contributed by atoms with Crippen molar-refractivity contribution in [1.29, 1.82) is 0 Å². The highest BCUT2D eigenvalue weighted by Gasteiger charge is 2.10. The summed E-state index contributed by atoms with van der Waals surface area (Å²) in [5, 5.41) is 12.5. The first-order valence-corrected chi connectivity index (χ1v) is 6.43. The lowest BCUT2D eigenvalue weighted by atomic mass is 10.1. The molecule has 2 rings (SSSR count). The number of rotatable bonds is 3. The third-order valence-electron chi connectivity index (χ3n) is 2.70. The van der Waals surface area contributed by atoms with Crippen LogP contribution in [0, 0.1) is 18.6 Å². The molecule has 19 heavy (non-hydrogen) atoms. The highest BCUT2D eigenvalue weighted by molar-refractivity contribution is 9.10. The van der Waals surface area contributed by atoms with Crippen LogP contribution in [0.4, 0.5) is 14.5 Å². The molecule has 0 saturated heterocycles. The minimum atomic E-state index is -0.681. The van der Waals surface area contributed by atoms with Gasteiger partial charge in [-0.3, -0.25) is 0 Å². The zero-order valence-electron chi connectivity index (χ0n) is 10.2. The van der Waals surface area contributed by atoms with Crippen LogP contribution in [0.3, 0.4) is 0 Å². The number of phenolic OH excluding ortho intramolecular Hbond substituents is 1. The van der Waals surface area contributed by atoms with Gasteiger partial charge in [0.2, 0.25) is 0 Å². The molecule has 0 amide bonds. The molecule has 0 saturated carbocycles. The van der Waals surface area contributed by atoms with E-state index in [-0.39, 0.29) is 18.0 Å². The molecule has 0 aliphatic heterocycles. The summed E-state index contributed by atoms with van der Waals surface area (Å²) in [5.41, 5.74) is 1.81. The number of phenols is 1. The number of nitrogens with one attached hydrogen (secondary N) is 1. The molecule has 100 valence electrons. The van der Waals surface area contributed by atoms with E-state index < -0.39 is 11.6 Å². The fourth-order valence-corrected chi connectivity index (χ4v) is 2.30. The van der Waals surface area contributed by atoms with Crippen molar-refractivity contribution in [2.45, 2.75) is 13.5 Å². The Hall–Kier alpha value is -1.62. The fourth-order valence-electron chi connectivity index (χ4n) is 1.75. The minimum Gasteiger partial charge on any atom is -0.508 e. The topological polar surface area (TPSA) is 32.3 Å². The summed E-state index contributed by atoms with van der Waals surface area (Å²) in [4.78, 5) is 0. The monoisotopic (exact) mass is 327 g/mol. The van der Waals surface area contributed by atoms with Gasteiger partial charge < -0.3 is 10.4 Å². The molecular formula is C14H12BrF2NO. The molecular weight excluding hydrogens is 316 g/mol. The van der Waals surface area contributed by atoms with E-state index in [0.717, 1.165) is 11.6 Å². The predicted molar refractivity (Wildman–Crippen MR) is 74.2 cm³/mol. The Morgan fingerprint density at radius 2 is 1.95 bits per heavy atom. The van der Waals surface area contributed by atoms with Crippen molar-refractivity contribution in [3.05, 3.63) is 57.6 Å². The van der Waals surface area contributed by atoms with Crippen LogP contribution in [0.25, 0.3) is 0 Å². The standard InChI is InChI=1S/C14H12BrF2NO/c1-8-2-3-13(19)9(4-8)7-18-14-11(15)5-10(16)6-12(14)17/h2-6,18-19H,7H2,1H3. The van der Waals surface area contributed by atoms with E-state index in [9.17, 15) is 13.9 Å². The largest absolute Gasteiger partial charge is 0.508 e. The summed E-state index contributed by atoms with van der Waals surface area (Å²) in [6.07, 6.45) is 0. The van der Waals surface area contributed by atoms with Gasteiger partial charge >= 0.3 is 0 Å². The maximum Gasteiger partial charge on any atom is 0.150 e. The van der Waals surface area contributed by atoms with E-state index in [1.165, 1.54) is 6.07 Å². The summed E-state index contributed by atoms with van der Waals surface area (Å²) in [6, 6.07) is 7.16. The quantitative estimate of drug-likeness (QED) is 0.878. The van der Waals surface area contributed by atoms with E-state index in [1.807, 2.05) is 6.92 Å². The molecule has 0 aliphatic carbocycles. The van der Waals surface area contributed by atoms with Gasteiger partial charge in [-0.2, -0.15) is 0 Å². The van der Waals surface area contributed by atoms with Gasteiger partial charge in [-0.15, -0.1) is 0 Å². The van der Waals surface area contributed by atoms with Crippen molar-refractivity contribution < 1.29 is 13.9 Å². The number of hydrogen-bond donors (Lipinski definition) is 2. The first-order valence-electron chi connectivity index (χ1n) is 5.64. The first-order chi connectivity index (χ1) is 8.97. The molecule has 0 heterocycles. The molecule has 2 aromatic carbocycles. The molecule has 0 unspecified atom stereocenters. The normalized spacial score (nSPS) is 10.5. The number of aryl methyl sites for hydroxylation is 1. The minimum absolute atomic E-state index is 0.136. The van der Waals surface area contributed by atoms with Crippen LogP contribution < -0.4 is 5.32 Å². The third kappa shape index (κ3) is 3.23. The molecule has 0 aliphatic rings. The average molecular weight is 328 g/mol. The van der Waals surface area contributed by atoms with Gasteiger partial charge in [0.1, 0.15) is 17.4 Å².